The zero-order valence-corrected chi connectivity index (χ0v) is 9.50. The highest BCUT2D eigenvalue weighted by Gasteiger charge is 2.26. The summed E-state index contributed by atoms with van der Waals surface area (Å²) in [5.74, 6) is 1.32. The molecule has 1 aliphatic rings. The van der Waals surface area contributed by atoms with Gasteiger partial charge in [0.25, 0.3) is 0 Å². The molecule has 0 spiro atoms. The lowest BCUT2D eigenvalue weighted by Gasteiger charge is -2.02. The molecular weight excluding hydrogens is 222 g/mol. The van der Waals surface area contributed by atoms with Crippen molar-refractivity contribution >= 4 is 17.5 Å². The number of aryl methyl sites for hydroxylation is 1. The van der Waals surface area contributed by atoms with Crippen molar-refractivity contribution in [3.05, 3.63) is 46.8 Å². The SMILES string of the molecule is Cc1onc2c1C(=O)c1ccccc1SC2. The van der Waals surface area contributed by atoms with E-state index >= 15 is 0 Å². The molecule has 0 amide bonds. The van der Waals surface area contributed by atoms with E-state index in [2.05, 4.69) is 5.16 Å². The molecule has 1 aliphatic heterocycles. The van der Waals surface area contributed by atoms with Gasteiger partial charge < -0.3 is 4.52 Å². The number of hydrogen-bond donors (Lipinski definition) is 0. The minimum Gasteiger partial charge on any atom is -0.361 e. The molecular formula is C12H9NO2S. The molecule has 3 rings (SSSR count). The number of carbonyl (C=O) groups excluding carboxylic acids is 1. The van der Waals surface area contributed by atoms with Gasteiger partial charge in [-0.25, -0.2) is 0 Å². The van der Waals surface area contributed by atoms with Gasteiger partial charge in [-0.3, -0.25) is 4.79 Å². The molecule has 0 fully saturated rings. The van der Waals surface area contributed by atoms with Crippen molar-refractivity contribution in [3.8, 4) is 0 Å². The summed E-state index contributed by atoms with van der Waals surface area (Å²) in [6, 6.07) is 7.65. The number of fused-ring (bicyclic) bond motifs is 2. The summed E-state index contributed by atoms with van der Waals surface area (Å²) in [6.45, 7) is 1.78. The van der Waals surface area contributed by atoms with Gasteiger partial charge in [0.05, 0.1) is 5.56 Å². The average Bonchev–Trinajstić information content (AvgIpc) is 2.60. The number of nitrogens with zero attached hydrogens (tertiary/aromatic N) is 1. The Hall–Kier alpha value is -1.55. The zero-order valence-electron chi connectivity index (χ0n) is 8.69. The molecule has 0 unspecified atom stereocenters. The Balaban J connectivity index is 2.24. The van der Waals surface area contributed by atoms with Crippen molar-refractivity contribution in [2.75, 3.05) is 0 Å². The van der Waals surface area contributed by atoms with Crippen molar-refractivity contribution in [1.29, 1.82) is 0 Å². The molecule has 1 aromatic carbocycles. The van der Waals surface area contributed by atoms with Crippen LogP contribution in [0.5, 0.6) is 0 Å². The third-order valence-corrected chi connectivity index (χ3v) is 3.74. The minimum absolute atomic E-state index is 0.0225. The summed E-state index contributed by atoms with van der Waals surface area (Å²) in [6.07, 6.45) is 0. The Labute approximate surface area is 96.8 Å². The highest BCUT2D eigenvalue weighted by molar-refractivity contribution is 7.98. The first kappa shape index (κ1) is 9.66. The second-order valence-corrected chi connectivity index (χ2v) is 4.69. The fourth-order valence-electron chi connectivity index (χ4n) is 1.87. The van der Waals surface area contributed by atoms with Crippen LogP contribution in [0.2, 0.25) is 0 Å². The summed E-state index contributed by atoms with van der Waals surface area (Å²) in [7, 11) is 0. The Morgan fingerprint density at radius 2 is 2.19 bits per heavy atom. The number of ketones is 1. The van der Waals surface area contributed by atoms with Crippen molar-refractivity contribution in [3.63, 3.8) is 0 Å². The Kier molecular flexibility index (Phi) is 2.11. The molecule has 0 aliphatic carbocycles. The molecule has 0 atom stereocenters. The lowest BCUT2D eigenvalue weighted by atomic mass is 10.0. The van der Waals surface area contributed by atoms with Crippen LogP contribution in [0.1, 0.15) is 27.4 Å². The lowest BCUT2D eigenvalue weighted by molar-refractivity contribution is 0.103. The van der Waals surface area contributed by atoms with Crippen LogP contribution in [0, 0.1) is 6.92 Å². The standard InChI is InChI=1S/C12H9NO2S/c1-7-11-9(13-15-7)6-16-10-5-3-2-4-8(10)12(11)14/h2-5H,6H2,1H3. The van der Waals surface area contributed by atoms with E-state index in [9.17, 15) is 4.79 Å². The smallest absolute Gasteiger partial charge is 0.199 e. The van der Waals surface area contributed by atoms with Gasteiger partial charge in [0.15, 0.2) is 5.78 Å². The van der Waals surface area contributed by atoms with Gasteiger partial charge in [0.1, 0.15) is 11.5 Å². The van der Waals surface area contributed by atoms with Crippen molar-refractivity contribution in [1.82, 2.24) is 5.16 Å². The van der Waals surface area contributed by atoms with Gasteiger partial charge >= 0.3 is 0 Å². The maximum absolute atomic E-state index is 12.3. The Morgan fingerprint density at radius 3 is 3.06 bits per heavy atom. The fraction of sp³-hybridized carbons (Fsp3) is 0.167. The molecule has 3 nitrogen and oxygen atoms in total. The van der Waals surface area contributed by atoms with Crippen LogP contribution in [0.25, 0.3) is 0 Å². The summed E-state index contributed by atoms with van der Waals surface area (Å²) >= 11 is 1.63. The van der Waals surface area contributed by atoms with Gasteiger partial charge in [-0.1, -0.05) is 17.3 Å². The molecule has 0 N–H and O–H groups in total. The summed E-state index contributed by atoms with van der Waals surface area (Å²) in [5.41, 5.74) is 2.14. The number of carbonyl (C=O) groups is 1. The van der Waals surface area contributed by atoms with E-state index in [1.807, 2.05) is 24.3 Å². The van der Waals surface area contributed by atoms with E-state index < -0.39 is 0 Å². The third kappa shape index (κ3) is 1.30. The zero-order chi connectivity index (χ0) is 11.1. The van der Waals surface area contributed by atoms with Crippen LogP contribution in [0.3, 0.4) is 0 Å². The van der Waals surface area contributed by atoms with Crippen LogP contribution in [-0.4, -0.2) is 10.9 Å². The highest BCUT2D eigenvalue weighted by Crippen LogP contribution is 2.34. The van der Waals surface area contributed by atoms with E-state index in [-0.39, 0.29) is 5.78 Å². The first-order chi connectivity index (χ1) is 7.77. The van der Waals surface area contributed by atoms with E-state index in [0.29, 0.717) is 17.1 Å². The van der Waals surface area contributed by atoms with Crippen molar-refractivity contribution in [2.45, 2.75) is 17.6 Å². The molecule has 2 heterocycles. The second kappa shape index (κ2) is 3.49. The average molecular weight is 231 g/mol. The maximum Gasteiger partial charge on any atom is 0.199 e. The van der Waals surface area contributed by atoms with Gasteiger partial charge in [0.2, 0.25) is 0 Å². The maximum atomic E-state index is 12.3. The van der Waals surface area contributed by atoms with E-state index in [1.54, 1.807) is 18.7 Å². The predicted octanol–water partition coefficient (Wildman–Crippen LogP) is 2.82. The molecule has 0 saturated carbocycles. The van der Waals surface area contributed by atoms with Crippen LogP contribution in [-0.2, 0) is 5.75 Å². The van der Waals surface area contributed by atoms with Crippen LogP contribution >= 0.6 is 11.8 Å². The monoisotopic (exact) mass is 231 g/mol. The van der Waals surface area contributed by atoms with Gasteiger partial charge in [0, 0.05) is 16.2 Å². The summed E-state index contributed by atoms with van der Waals surface area (Å²) < 4.78 is 5.07. The number of rotatable bonds is 0. The molecule has 2 aromatic rings. The first-order valence-electron chi connectivity index (χ1n) is 4.99. The van der Waals surface area contributed by atoms with E-state index in [1.165, 1.54) is 0 Å². The third-order valence-electron chi connectivity index (χ3n) is 2.66. The van der Waals surface area contributed by atoms with Crippen molar-refractivity contribution in [2.24, 2.45) is 0 Å². The van der Waals surface area contributed by atoms with Gasteiger partial charge in [-0.05, 0) is 19.1 Å². The topological polar surface area (TPSA) is 43.1 Å². The summed E-state index contributed by atoms with van der Waals surface area (Å²) in [4.78, 5) is 13.3. The molecule has 4 heteroatoms. The Morgan fingerprint density at radius 1 is 1.38 bits per heavy atom. The van der Waals surface area contributed by atoms with Crippen LogP contribution in [0.15, 0.2) is 33.7 Å². The van der Waals surface area contributed by atoms with Gasteiger partial charge in [-0.2, -0.15) is 0 Å². The number of aromatic nitrogens is 1. The normalized spacial score (nSPS) is 14.2. The predicted molar refractivity (Wildman–Crippen MR) is 60.7 cm³/mol. The quantitative estimate of drug-likeness (QED) is 0.699. The Bertz CT molecular complexity index is 574. The molecule has 0 radical (unpaired) electrons. The van der Waals surface area contributed by atoms with Crippen LogP contribution < -0.4 is 0 Å². The first-order valence-corrected chi connectivity index (χ1v) is 5.97. The molecule has 0 bridgehead atoms. The van der Waals surface area contributed by atoms with E-state index in [4.69, 9.17) is 4.52 Å². The second-order valence-electron chi connectivity index (χ2n) is 3.67. The molecule has 80 valence electrons. The van der Waals surface area contributed by atoms with Gasteiger partial charge in [-0.15, -0.1) is 11.8 Å². The minimum atomic E-state index is 0.0225. The van der Waals surface area contributed by atoms with E-state index in [0.717, 1.165) is 16.2 Å². The molecule has 1 aromatic heterocycles. The van der Waals surface area contributed by atoms with Crippen LogP contribution in [0.4, 0.5) is 0 Å². The lowest BCUT2D eigenvalue weighted by Crippen LogP contribution is -2.03. The number of hydrogen-bond acceptors (Lipinski definition) is 4. The molecule has 16 heavy (non-hydrogen) atoms. The highest BCUT2D eigenvalue weighted by atomic mass is 32.2. The summed E-state index contributed by atoms with van der Waals surface area (Å²) in [5, 5.41) is 3.93. The van der Waals surface area contributed by atoms with Crippen molar-refractivity contribution < 1.29 is 9.32 Å². The number of thioether (sulfide) groups is 1. The number of benzene rings is 1. The largest absolute Gasteiger partial charge is 0.361 e. The fourth-order valence-corrected chi connectivity index (χ4v) is 2.85. The molecule has 0 saturated heterocycles.